The predicted molar refractivity (Wildman–Crippen MR) is 86.6 cm³/mol. The molecule has 0 N–H and O–H groups in total. The van der Waals surface area contributed by atoms with Gasteiger partial charge in [-0.1, -0.05) is 18.2 Å². The van der Waals surface area contributed by atoms with Crippen LogP contribution in [0.4, 0.5) is 0 Å². The highest BCUT2D eigenvalue weighted by atomic mass is 79.9. The molecule has 0 fully saturated rings. The topological polar surface area (TPSA) is 35.5 Å². The van der Waals surface area contributed by atoms with Gasteiger partial charge in [0.2, 0.25) is 0 Å². The number of halogens is 1. The van der Waals surface area contributed by atoms with Crippen LogP contribution in [-0.2, 0) is 0 Å². The molecule has 0 aromatic heterocycles. The molecule has 2 aromatic carbocycles. The van der Waals surface area contributed by atoms with Gasteiger partial charge in [-0.3, -0.25) is 4.79 Å². The van der Waals surface area contributed by atoms with E-state index in [2.05, 4.69) is 15.9 Å². The summed E-state index contributed by atoms with van der Waals surface area (Å²) in [6, 6.07) is 9.27. The molecule has 4 heteroatoms. The monoisotopic (exact) mass is 348 g/mol. The summed E-state index contributed by atoms with van der Waals surface area (Å²) >= 11 is 3.40. The van der Waals surface area contributed by atoms with E-state index in [4.69, 9.17) is 9.47 Å². The maximum atomic E-state index is 12.9. The van der Waals surface area contributed by atoms with Crippen LogP contribution in [0.1, 0.15) is 27.0 Å². The predicted octanol–water partition coefficient (Wildman–Crippen LogP) is 4.31. The number of aryl methyl sites for hydroxylation is 2. The Kier molecular flexibility index (Phi) is 4.68. The zero-order valence-corrected chi connectivity index (χ0v) is 14.1. The lowest BCUT2D eigenvalue weighted by atomic mass is 9.94. The maximum absolute atomic E-state index is 12.9. The van der Waals surface area contributed by atoms with E-state index in [1.807, 2.05) is 32.0 Å². The van der Waals surface area contributed by atoms with Crippen molar-refractivity contribution in [2.24, 2.45) is 0 Å². The lowest BCUT2D eigenvalue weighted by Gasteiger charge is -2.14. The smallest absolute Gasteiger partial charge is 0.197 e. The summed E-state index contributed by atoms with van der Waals surface area (Å²) in [6.45, 7) is 3.87. The summed E-state index contributed by atoms with van der Waals surface area (Å²) < 4.78 is 11.4. The van der Waals surface area contributed by atoms with Gasteiger partial charge in [0, 0.05) is 5.56 Å². The third-order valence-corrected chi connectivity index (χ3v) is 4.05. The Morgan fingerprint density at radius 1 is 1.00 bits per heavy atom. The molecule has 110 valence electrons. The van der Waals surface area contributed by atoms with Gasteiger partial charge in [-0.2, -0.15) is 0 Å². The summed E-state index contributed by atoms with van der Waals surface area (Å²) in [7, 11) is 3.12. The fraction of sp³-hybridized carbons (Fsp3) is 0.235. The van der Waals surface area contributed by atoms with Crippen LogP contribution in [0.2, 0.25) is 0 Å². The first-order valence-corrected chi connectivity index (χ1v) is 7.31. The lowest BCUT2D eigenvalue weighted by Crippen LogP contribution is -2.08. The molecule has 0 bridgehead atoms. The van der Waals surface area contributed by atoms with Crippen LogP contribution in [0.5, 0.6) is 11.5 Å². The molecule has 0 aliphatic carbocycles. The molecule has 0 amide bonds. The number of ether oxygens (including phenoxy) is 2. The zero-order chi connectivity index (χ0) is 15.6. The second-order valence-corrected chi connectivity index (χ2v) is 5.64. The van der Waals surface area contributed by atoms with Gasteiger partial charge < -0.3 is 9.47 Å². The van der Waals surface area contributed by atoms with E-state index in [1.54, 1.807) is 26.4 Å². The van der Waals surface area contributed by atoms with Gasteiger partial charge in [-0.25, -0.2) is 0 Å². The number of ketones is 1. The average molecular weight is 349 g/mol. The summed E-state index contributed by atoms with van der Waals surface area (Å²) in [5.41, 5.74) is 3.10. The highest BCUT2D eigenvalue weighted by Gasteiger charge is 2.20. The van der Waals surface area contributed by atoms with Crippen LogP contribution >= 0.6 is 15.9 Å². The highest BCUT2D eigenvalue weighted by Crippen LogP contribution is 2.34. The number of hydrogen-bond donors (Lipinski definition) is 0. The number of rotatable bonds is 4. The standard InChI is InChI=1S/C17H17BrO3/c1-10-6-5-7-11(2)16(10)17(19)12-8-15(21-4)13(18)9-14(12)20-3/h5-9H,1-4H3. The molecular formula is C17H17BrO3. The van der Waals surface area contributed by atoms with Crippen LogP contribution < -0.4 is 9.47 Å². The van der Waals surface area contributed by atoms with Crippen molar-refractivity contribution in [3.63, 3.8) is 0 Å². The fourth-order valence-corrected chi connectivity index (χ4v) is 2.83. The Bertz CT molecular complexity index is 672. The Morgan fingerprint density at radius 3 is 2.10 bits per heavy atom. The number of carbonyl (C=O) groups excluding carboxylic acids is 1. The Hall–Kier alpha value is -1.81. The summed E-state index contributed by atoms with van der Waals surface area (Å²) in [5.74, 6) is 1.06. The van der Waals surface area contributed by atoms with Crippen molar-refractivity contribution in [3.05, 3.63) is 57.1 Å². The van der Waals surface area contributed by atoms with E-state index >= 15 is 0 Å². The first-order chi connectivity index (χ1) is 9.99. The van der Waals surface area contributed by atoms with E-state index in [1.165, 1.54) is 0 Å². The van der Waals surface area contributed by atoms with Crippen molar-refractivity contribution in [3.8, 4) is 11.5 Å². The van der Waals surface area contributed by atoms with Gasteiger partial charge in [-0.15, -0.1) is 0 Å². The van der Waals surface area contributed by atoms with E-state index in [0.717, 1.165) is 15.6 Å². The SMILES string of the molecule is COc1cc(C(=O)c2c(C)cccc2C)c(OC)cc1Br. The third kappa shape index (κ3) is 2.95. The van der Waals surface area contributed by atoms with E-state index < -0.39 is 0 Å². The van der Waals surface area contributed by atoms with E-state index in [0.29, 0.717) is 22.6 Å². The minimum absolute atomic E-state index is 0.0618. The second-order valence-electron chi connectivity index (χ2n) is 4.78. The molecule has 2 aromatic rings. The molecule has 0 heterocycles. The maximum Gasteiger partial charge on any atom is 0.197 e. The quantitative estimate of drug-likeness (QED) is 0.772. The molecule has 0 saturated heterocycles. The first-order valence-electron chi connectivity index (χ1n) is 6.52. The van der Waals surface area contributed by atoms with Crippen molar-refractivity contribution in [2.75, 3.05) is 14.2 Å². The normalized spacial score (nSPS) is 10.3. The molecule has 0 aliphatic heterocycles. The van der Waals surface area contributed by atoms with Gasteiger partial charge in [-0.05, 0) is 53.0 Å². The van der Waals surface area contributed by atoms with Gasteiger partial charge >= 0.3 is 0 Å². The Labute approximate surface area is 133 Å². The van der Waals surface area contributed by atoms with Gasteiger partial charge in [0.15, 0.2) is 5.78 Å². The van der Waals surface area contributed by atoms with Crippen LogP contribution in [-0.4, -0.2) is 20.0 Å². The fourth-order valence-electron chi connectivity index (χ4n) is 2.35. The molecule has 21 heavy (non-hydrogen) atoms. The van der Waals surface area contributed by atoms with Crippen LogP contribution in [0, 0.1) is 13.8 Å². The van der Waals surface area contributed by atoms with Crippen molar-refractivity contribution in [2.45, 2.75) is 13.8 Å². The van der Waals surface area contributed by atoms with Crippen molar-refractivity contribution in [1.29, 1.82) is 0 Å². The van der Waals surface area contributed by atoms with Crippen LogP contribution in [0.15, 0.2) is 34.8 Å². The van der Waals surface area contributed by atoms with Crippen molar-refractivity contribution < 1.29 is 14.3 Å². The molecule has 0 unspecified atom stereocenters. The van der Waals surface area contributed by atoms with Crippen molar-refractivity contribution >= 4 is 21.7 Å². The van der Waals surface area contributed by atoms with Gasteiger partial charge in [0.25, 0.3) is 0 Å². The minimum atomic E-state index is -0.0618. The molecule has 3 nitrogen and oxygen atoms in total. The average Bonchev–Trinajstić information content (AvgIpc) is 2.46. The molecule has 2 rings (SSSR count). The number of carbonyl (C=O) groups is 1. The lowest BCUT2D eigenvalue weighted by molar-refractivity contribution is 0.103. The van der Waals surface area contributed by atoms with Gasteiger partial charge in [0.1, 0.15) is 11.5 Å². The molecule has 0 aliphatic rings. The zero-order valence-electron chi connectivity index (χ0n) is 12.5. The van der Waals surface area contributed by atoms with Crippen LogP contribution in [0.25, 0.3) is 0 Å². The molecule has 0 radical (unpaired) electrons. The van der Waals surface area contributed by atoms with E-state index in [-0.39, 0.29) is 5.78 Å². The summed E-state index contributed by atoms with van der Waals surface area (Å²) in [6.07, 6.45) is 0. The molecular weight excluding hydrogens is 332 g/mol. The van der Waals surface area contributed by atoms with E-state index in [9.17, 15) is 4.79 Å². The number of hydrogen-bond acceptors (Lipinski definition) is 3. The highest BCUT2D eigenvalue weighted by molar-refractivity contribution is 9.10. The largest absolute Gasteiger partial charge is 0.496 e. The third-order valence-electron chi connectivity index (χ3n) is 3.43. The molecule has 0 atom stereocenters. The minimum Gasteiger partial charge on any atom is -0.496 e. The number of methoxy groups -OCH3 is 2. The summed E-state index contributed by atoms with van der Waals surface area (Å²) in [4.78, 5) is 12.9. The Balaban J connectivity index is 2.63. The van der Waals surface area contributed by atoms with Crippen molar-refractivity contribution in [1.82, 2.24) is 0 Å². The molecule has 0 spiro atoms. The second kappa shape index (κ2) is 6.31. The number of benzene rings is 2. The summed E-state index contributed by atoms with van der Waals surface area (Å²) in [5, 5.41) is 0. The Morgan fingerprint density at radius 2 is 1.57 bits per heavy atom. The first kappa shape index (κ1) is 15.6. The molecule has 0 saturated carbocycles. The van der Waals surface area contributed by atoms with Crippen LogP contribution in [0.3, 0.4) is 0 Å². The van der Waals surface area contributed by atoms with Gasteiger partial charge in [0.05, 0.1) is 24.3 Å².